The van der Waals surface area contributed by atoms with Crippen LogP contribution in [0, 0.1) is 0 Å². The lowest BCUT2D eigenvalue weighted by Crippen LogP contribution is -1.98. The Labute approximate surface area is 170 Å². The van der Waals surface area contributed by atoms with Crippen molar-refractivity contribution in [1.82, 2.24) is 0 Å². The molecule has 3 rings (SSSR count). The van der Waals surface area contributed by atoms with Gasteiger partial charge in [0.15, 0.2) is 17.3 Å². The van der Waals surface area contributed by atoms with Crippen LogP contribution < -0.4 is 9.47 Å². The van der Waals surface area contributed by atoms with Gasteiger partial charge in [-0.15, -0.1) is 0 Å². The molecule has 0 fully saturated rings. The minimum atomic E-state index is -0.0561. The number of benzene rings is 2. The first-order valence-corrected chi connectivity index (χ1v) is 9.21. The molecular formula is C24H23NO4. The minimum absolute atomic E-state index is 0.0561. The van der Waals surface area contributed by atoms with Crippen LogP contribution in [-0.4, -0.2) is 31.3 Å². The van der Waals surface area contributed by atoms with E-state index < -0.39 is 0 Å². The SMILES string of the molecule is COc1cc2c(cc1OC)C(=O)/C(=C/C(/C=C\O)=C/C=N/Cc1ccccc1)C2. The summed E-state index contributed by atoms with van der Waals surface area (Å²) in [5, 5.41) is 9.21. The van der Waals surface area contributed by atoms with Crippen LogP contribution >= 0.6 is 0 Å². The summed E-state index contributed by atoms with van der Waals surface area (Å²) in [6.07, 6.45) is 8.18. The topological polar surface area (TPSA) is 68.1 Å². The summed E-state index contributed by atoms with van der Waals surface area (Å²) in [4.78, 5) is 17.2. The molecule has 1 aliphatic rings. The molecule has 5 heteroatoms. The Bertz CT molecular complexity index is 1000. The van der Waals surface area contributed by atoms with Crippen LogP contribution in [0.4, 0.5) is 0 Å². The van der Waals surface area contributed by atoms with Gasteiger partial charge in [-0.05, 0) is 47.1 Å². The Morgan fingerprint density at radius 3 is 2.55 bits per heavy atom. The van der Waals surface area contributed by atoms with Gasteiger partial charge in [-0.1, -0.05) is 30.3 Å². The number of hydrogen-bond acceptors (Lipinski definition) is 5. The summed E-state index contributed by atoms with van der Waals surface area (Å²) in [5.74, 6) is 1.07. The summed E-state index contributed by atoms with van der Waals surface area (Å²) in [6.45, 7) is 0.563. The number of ketones is 1. The number of aliphatic imine (C=N–C) groups is 1. The van der Waals surface area contributed by atoms with Crippen LogP contribution in [0.25, 0.3) is 0 Å². The third-order valence-electron chi connectivity index (χ3n) is 4.62. The molecule has 2 aromatic rings. The van der Waals surface area contributed by atoms with Crippen molar-refractivity contribution in [3.05, 3.63) is 94.8 Å². The Morgan fingerprint density at radius 2 is 1.86 bits per heavy atom. The van der Waals surface area contributed by atoms with Crippen LogP contribution in [-0.2, 0) is 13.0 Å². The Kier molecular flexibility index (Phi) is 6.63. The van der Waals surface area contributed by atoms with Crippen molar-refractivity contribution < 1.29 is 19.4 Å². The maximum Gasteiger partial charge on any atom is 0.189 e. The molecule has 0 saturated carbocycles. The second-order valence-corrected chi connectivity index (χ2v) is 6.50. The van der Waals surface area contributed by atoms with Crippen molar-refractivity contribution >= 4 is 12.0 Å². The molecule has 29 heavy (non-hydrogen) atoms. The number of hydrogen-bond donors (Lipinski definition) is 1. The van der Waals surface area contributed by atoms with Gasteiger partial charge in [0.25, 0.3) is 0 Å². The number of ether oxygens (including phenoxy) is 2. The van der Waals surface area contributed by atoms with E-state index in [1.54, 1.807) is 38.7 Å². The Balaban J connectivity index is 1.81. The molecule has 0 unspecified atom stereocenters. The average molecular weight is 389 g/mol. The van der Waals surface area contributed by atoms with E-state index in [9.17, 15) is 9.90 Å². The van der Waals surface area contributed by atoms with E-state index in [4.69, 9.17) is 9.47 Å². The molecule has 148 valence electrons. The lowest BCUT2D eigenvalue weighted by atomic mass is 10.1. The maximum atomic E-state index is 12.8. The van der Waals surface area contributed by atoms with Crippen molar-refractivity contribution in [2.75, 3.05) is 14.2 Å². The molecule has 2 aromatic carbocycles. The summed E-state index contributed by atoms with van der Waals surface area (Å²) in [7, 11) is 3.11. The molecule has 5 nitrogen and oxygen atoms in total. The second-order valence-electron chi connectivity index (χ2n) is 6.50. The quantitative estimate of drug-likeness (QED) is 0.324. The molecule has 0 atom stereocenters. The molecule has 0 bridgehead atoms. The molecular weight excluding hydrogens is 366 g/mol. The predicted octanol–water partition coefficient (Wildman–Crippen LogP) is 4.64. The van der Waals surface area contributed by atoms with Gasteiger partial charge in [0.1, 0.15) is 0 Å². The zero-order valence-corrected chi connectivity index (χ0v) is 16.5. The molecule has 0 saturated heterocycles. The number of fused-ring (bicyclic) bond motifs is 1. The van der Waals surface area contributed by atoms with Crippen LogP contribution in [0.2, 0.25) is 0 Å². The molecule has 1 N–H and O–H groups in total. The maximum absolute atomic E-state index is 12.8. The third kappa shape index (κ3) is 4.82. The number of allylic oxidation sites excluding steroid dienone is 5. The van der Waals surface area contributed by atoms with Crippen molar-refractivity contribution in [2.45, 2.75) is 13.0 Å². The van der Waals surface area contributed by atoms with Crippen LogP contribution in [0.5, 0.6) is 11.5 Å². The molecule has 0 spiro atoms. The lowest BCUT2D eigenvalue weighted by molar-refractivity contribution is 0.103. The molecule has 0 aliphatic heterocycles. The highest BCUT2D eigenvalue weighted by Crippen LogP contribution is 2.36. The van der Waals surface area contributed by atoms with E-state index in [2.05, 4.69) is 4.99 Å². The minimum Gasteiger partial charge on any atom is -0.516 e. The van der Waals surface area contributed by atoms with E-state index in [0.29, 0.717) is 41.2 Å². The van der Waals surface area contributed by atoms with Crippen LogP contribution in [0.3, 0.4) is 0 Å². The Hall–Kier alpha value is -3.60. The van der Waals surface area contributed by atoms with Crippen molar-refractivity contribution in [3.8, 4) is 11.5 Å². The van der Waals surface area contributed by atoms with E-state index in [1.807, 2.05) is 36.4 Å². The highest BCUT2D eigenvalue weighted by Gasteiger charge is 2.27. The van der Waals surface area contributed by atoms with Crippen molar-refractivity contribution in [3.63, 3.8) is 0 Å². The highest BCUT2D eigenvalue weighted by atomic mass is 16.5. The summed E-state index contributed by atoms with van der Waals surface area (Å²) in [5.41, 5.74) is 3.93. The number of rotatable bonds is 7. The fourth-order valence-corrected chi connectivity index (χ4v) is 3.17. The number of Topliss-reactive ketones (excluding diaryl/α,β-unsaturated/α-hetero) is 1. The van der Waals surface area contributed by atoms with Gasteiger partial charge >= 0.3 is 0 Å². The lowest BCUT2D eigenvalue weighted by Gasteiger charge is -2.08. The number of carbonyl (C=O) groups is 1. The van der Waals surface area contributed by atoms with E-state index in [-0.39, 0.29) is 5.78 Å². The van der Waals surface area contributed by atoms with Crippen molar-refractivity contribution in [1.29, 1.82) is 0 Å². The largest absolute Gasteiger partial charge is 0.516 e. The predicted molar refractivity (Wildman–Crippen MR) is 114 cm³/mol. The normalized spacial score (nSPS) is 15.4. The number of aliphatic hydroxyl groups is 1. The fraction of sp³-hybridized carbons (Fsp3) is 0.167. The summed E-state index contributed by atoms with van der Waals surface area (Å²) < 4.78 is 10.6. The van der Waals surface area contributed by atoms with Gasteiger partial charge in [0.05, 0.1) is 27.0 Å². The highest BCUT2D eigenvalue weighted by molar-refractivity contribution is 6.13. The van der Waals surface area contributed by atoms with Gasteiger partial charge in [-0.25, -0.2) is 0 Å². The van der Waals surface area contributed by atoms with Gasteiger partial charge in [0, 0.05) is 23.8 Å². The second kappa shape index (κ2) is 9.55. The smallest absolute Gasteiger partial charge is 0.189 e. The van der Waals surface area contributed by atoms with Gasteiger partial charge in [0.2, 0.25) is 0 Å². The van der Waals surface area contributed by atoms with Crippen molar-refractivity contribution in [2.24, 2.45) is 4.99 Å². The average Bonchev–Trinajstić information content (AvgIpc) is 3.05. The van der Waals surface area contributed by atoms with E-state index >= 15 is 0 Å². The number of methoxy groups -OCH3 is 2. The zero-order chi connectivity index (χ0) is 20.6. The standard InChI is InChI=1S/C24H23NO4/c1-28-22-14-19-13-20(24(27)21(19)15-23(22)29-2)12-17(9-11-26)8-10-25-16-18-6-4-3-5-7-18/h3-12,14-15,26H,13,16H2,1-2H3/b11-9-,17-8+,20-12+,25-10+. The van der Waals surface area contributed by atoms with Gasteiger partial charge in [-0.2, -0.15) is 0 Å². The third-order valence-corrected chi connectivity index (χ3v) is 4.62. The molecule has 0 amide bonds. The van der Waals surface area contributed by atoms with Gasteiger partial charge < -0.3 is 14.6 Å². The molecule has 0 radical (unpaired) electrons. The van der Waals surface area contributed by atoms with E-state index in [0.717, 1.165) is 17.4 Å². The monoisotopic (exact) mass is 389 g/mol. The van der Waals surface area contributed by atoms with Crippen LogP contribution in [0.15, 0.2) is 83.1 Å². The molecule has 0 heterocycles. The fourth-order valence-electron chi connectivity index (χ4n) is 3.17. The first-order valence-electron chi connectivity index (χ1n) is 9.21. The summed E-state index contributed by atoms with van der Waals surface area (Å²) in [6, 6.07) is 13.5. The first kappa shape index (κ1) is 20.1. The first-order chi connectivity index (χ1) is 14.2. The zero-order valence-electron chi connectivity index (χ0n) is 16.5. The summed E-state index contributed by atoms with van der Waals surface area (Å²) >= 11 is 0. The number of carbonyl (C=O) groups excluding carboxylic acids is 1. The number of nitrogens with zero attached hydrogens (tertiary/aromatic N) is 1. The van der Waals surface area contributed by atoms with Crippen LogP contribution in [0.1, 0.15) is 21.5 Å². The van der Waals surface area contributed by atoms with E-state index in [1.165, 1.54) is 6.08 Å². The molecule has 0 aromatic heterocycles. The molecule has 1 aliphatic carbocycles. The Morgan fingerprint density at radius 1 is 1.14 bits per heavy atom. The van der Waals surface area contributed by atoms with Gasteiger partial charge in [-0.3, -0.25) is 9.79 Å². The number of aliphatic hydroxyl groups excluding tert-OH is 1.